The number of pyridine rings is 1. The van der Waals surface area contributed by atoms with Gasteiger partial charge >= 0.3 is 0 Å². The fourth-order valence-electron chi connectivity index (χ4n) is 3.16. The van der Waals surface area contributed by atoms with Crippen molar-refractivity contribution in [2.45, 2.75) is 25.7 Å². The van der Waals surface area contributed by atoms with Crippen molar-refractivity contribution in [1.29, 1.82) is 0 Å². The molecule has 0 unspecified atom stereocenters. The predicted molar refractivity (Wildman–Crippen MR) is 104 cm³/mol. The van der Waals surface area contributed by atoms with Crippen LogP contribution in [0, 0.1) is 6.92 Å². The first kappa shape index (κ1) is 18.2. The first-order valence-electron chi connectivity index (χ1n) is 8.64. The molecule has 9 heteroatoms. The standard InChI is InChI=1S/C18H19ClN4O3S/c1-10-16(19)27-18(20-10)22-17(24)12-8-23-9-13(11-3-5-26-6-4-11)21-15(23)7-14(12)25-2/h7-9,11H,3-6H2,1-2H3,(H,20,22,24). The van der Waals surface area contributed by atoms with E-state index in [1.807, 2.05) is 10.6 Å². The van der Waals surface area contributed by atoms with E-state index >= 15 is 0 Å². The molecule has 1 N–H and O–H groups in total. The van der Waals surface area contributed by atoms with E-state index in [4.69, 9.17) is 26.1 Å². The minimum Gasteiger partial charge on any atom is -0.496 e. The number of fused-ring (bicyclic) bond motifs is 1. The summed E-state index contributed by atoms with van der Waals surface area (Å²) in [6.45, 7) is 3.31. The van der Waals surface area contributed by atoms with Crippen molar-refractivity contribution >= 4 is 39.6 Å². The third-order valence-electron chi connectivity index (χ3n) is 4.64. The smallest absolute Gasteiger partial charge is 0.262 e. The van der Waals surface area contributed by atoms with Crippen LogP contribution in [-0.2, 0) is 4.74 Å². The number of hydrogen-bond donors (Lipinski definition) is 1. The average molecular weight is 407 g/mol. The highest BCUT2D eigenvalue weighted by Crippen LogP contribution is 2.30. The number of halogens is 1. The molecule has 0 aromatic carbocycles. The van der Waals surface area contributed by atoms with E-state index in [1.54, 1.807) is 19.2 Å². The summed E-state index contributed by atoms with van der Waals surface area (Å²) in [4.78, 5) is 21.7. The van der Waals surface area contributed by atoms with Crippen molar-refractivity contribution in [2.75, 3.05) is 25.6 Å². The molecule has 1 aliphatic heterocycles. The molecule has 0 atom stereocenters. The molecule has 3 aromatic rings. The van der Waals surface area contributed by atoms with Gasteiger partial charge in [0.15, 0.2) is 5.13 Å². The van der Waals surface area contributed by atoms with Crippen LogP contribution in [0.25, 0.3) is 5.65 Å². The number of carbonyl (C=O) groups excluding carboxylic acids is 1. The molecule has 1 saturated heterocycles. The maximum atomic E-state index is 12.7. The Balaban J connectivity index is 1.65. The number of amides is 1. The van der Waals surface area contributed by atoms with E-state index < -0.39 is 0 Å². The van der Waals surface area contributed by atoms with Gasteiger partial charge in [-0.2, -0.15) is 0 Å². The molecule has 142 valence electrons. The third kappa shape index (κ3) is 3.65. The van der Waals surface area contributed by atoms with Crippen LogP contribution in [0.15, 0.2) is 18.5 Å². The van der Waals surface area contributed by atoms with Gasteiger partial charge in [-0.05, 0) is 19.8 Å². The topological polar surface area (TPSA) is 77.8 Å². The Labute approximate surface area is 165 Å². The molecule has 27 heavy (non-hydrogen) atoms. The first-order chi connectivity index (χ1) is 13.0. The van der Waals surface area contributed by atoms with Gasteiger partial charge in [-0.1, -0.05) is 22.9 Å². The van der Waals surface area contributed by atoms with Crippen molar-refractivity contribution in [3.63, 3.8) is 0 Å². The van der Waals surface area contributed by atoms with Crippen LogP contribution in [0.1, 0.15) is 40.5 Å². The zero-order chi connectivity index (χ0) is 19.0. The molecule has 0 saturated carbocycles. The van der Waals surface area contributed by atoms with Crippen molar-refractivity contribution in [3.8, 4) is 5.75 Å². The highest BCUT2D eigenvalue weighted by Gasteiger charge is 2.21. The number of nitrogens with zero attached hydrogens (tertiary/aromatic N) is 3. The molecule has 0 radical (unpaired) electrons. The van der Waals surface area contributed by atoms with Crippen molar-refractivity contribution in [3.05, 3.63) is 39.7 Å². The number of rotatable bonds is 4. The van der Waals surface area contributed by atoms with Crippen LogP contribution < -0.4 is 10.1 Å². The normalized spacial score (nSPS) is 15.2. The van der Waals surface area contributed by atoms with Gasteiger partial charge in [0.2, 0.25) is 0 Å². The summed E-state index contributed by atoms with van der Waals surface area (Å²) in [6, 6.07) is 1.78. The molecule has 0 bridgehead atoms. The number of hydrogen-bond acceptors (Lipinski definition) is 6. The lowest BCUT2D eigenvalue weighted by Gasteiger charge is -2.19. The Morgan fingerprint density at radius 2 is 2.15 bits per heavy atom. The van der Waals surface area contributed by atoms with Crippen LogP contribution in [0.5, 0.6) is 5.75 Å². The Hall–Kier alpha value is -2.16. The monoisotopic (exact) mass is 406 g/mol. The summed E-state index contributed by atoms with van der Waals surface area (Å²) in [5.41, 5.74) is 2.86. The summed E-state index contributed by atoms with van der Waals surface area (Å²) in [5.74, 6) is 0.534. The summed E-state index contributed by atoms with van der Waals surface area (Å²) in [6.07, 6.45) is 5.63. The number of aromatic nitrogens is 3. The lowest BCUT2D eigenvalue weighted by molar-refractivity contribution is 0.0846. The number of nitrogens with one attached hydrogen (secondary N) is 1. The molecule has 3 aromatic heterocycles. The summed E-state index contributed by atoms with van der Waals surface area (Å²) in [7, 11) is 1.54. The Kier molecular flexibility index (Phi) is 5.03. The van der Waals surface area contributed by atoms with Gasteiger partial charge in [0.05, 0.1) is 24.1 Å². The van der Waals surface area contributed by atoms with Gasteiger partial charge in [0.25, 0.3) is 5.91 Å². The second-order valence-corrected chi connectivity index (χ2v) is 8.01. The minimum absolute atomic E-state index is 0.305. The molecule has 1 fully saturated rings. The Morgan fingerprint density at radius 1 is 1.37 bits per heavy atom. The molecular formula is C18H19ClN4O3S. The van der Waals surface area contributed by atoms with Gasteiger partial charge in [-0.3, -0.25) is 10.1 Å². The van der Waals surface area contributed by atoms with Crippen LogP contribution in [-0.4, -0.2) is 40.6 Å². The summed E-state index contributed by atoms with van der Waals surface area (Å²) in [5, 5.41) is 3.24. The number of methoxy groups -OCH3 is 1. The van der Waals surface area contributed by atoms with Crippen LogP contribution in [0.3, 0.4) is 0 Å². The molecule has 0 aliphatic carbocycles. The van der Waals surface area contributed by atoms with Gasteiger partial charge in [-0.25, -0.2) is 9.97 Å². The summed E-state index contributed by atoms with van der Waals surface area (Å²) < 4.78 is 13.3. The first-order valence-corrected chi connectivity index (χ1v) is 9.83. The van der Waals surface area contributed by atoms with E-state index in [2.05, 4.69) is 10.3 Å². The van der Waals surface area contributed by atoms with E-state index in [-0.39, 0.29) is 5.91 Å². The van der Waals surface area contributed by atoms with E-state index in [0.29, 0.717) is 32.4 Å². The van der Waals surface area contributed by atoms with Gasteiger partial charge in [0.1, 0.15) is 15.7 Å². The largest absolute Gasteiger partial charge is 0.496 e. The molecule has 0 spiro atoms. The molecule has 4 rings (SSSR count). The average Bonchev–Trinajstić information content (AvgIpc) is 3.23. The quantitative estimate of drug-likeness (QED) is 0.710. The zero-order valence-corrected chi connectivity index (χ0v) is 16.6. The molecule has 1 amide bonds. The maximum absolute atomic E-state index is 12.7. The zero-order valence-electron chi connectivity index (χ0n) is 15.0. The van der Waals surface area contributed by atoms with Crippen LogP contribution in [0.4, 0.5) is 5.13 Å². The number of anilines is 1. The minimum atomic E-state index is -0.305. The van der Waals surface area contributed by atoms with Crippen molar-refractivity contribution in [2.24, 2.45) is 0 Å². The maximum Gasteiger partial charge on any atom is 0.262 e. The van der Waals surface area contributed by atoms with Crippen molar-refractivity contribution < 1.29 is 14.3 Å². The number of thiazole rings is 1. The predicted octanol–water partition coefficient (Wildman–Crippen LogP) is 3.91. The Morgan fingerprint density at radius 3 is 2.81 bits per heavy atom. The van der Waals surface area contributed by atoms with E-state index in [9.17, 15) is 4.79 Å². The lowest BCUT2D eigenvalue weighted by atomic mass is 9.97. The number of carbonyl (C=O) groups is 1. The highest BCUT2D eigenvalue weighted by molar-refractivity contribution is 7.19. The molecule has 4 heterocycles. The fourth-order valence-corrected chi connectivity index (χ4v) is 4.11. The van der Waals surface area contributed by atoms with Crippen molar-refractivity contribution in [1.82, 2.24) is 14.4 Å². The number of ether oxygens (including phenoxy) is 2. The second-order valence-electron chi connectivity index (χ2n) is 6.41. The van der Waals surface area contributed by atoms with Gasteiger partial charge in [-0.15, -0.1) is 0 Å². The fraction of sp³-hybridized carbons (Fsp3) is 0.389. The molecule has 1 aliphatic rings. The number of aryl methyl sites for hydroxylation is 1. The molecule has 7 nitrogen and oxygen atoms in total. The lowest BCUT2D eigenvalue weighted by Crippen LogP contribution is -2.14. The third-order valence-corrected chi connectivity index (χ3v) is 6.00. The van der Waals surface area contributed by atoms with E-state index in [1.165, 1.54) is 18.4 Å². The summed E-state index contributed by atoms with van der Waals surface area (Å²) >= 11 is 7.26. The van der Waals surface area contributed by atoms with Gasteiger partial charge < -0.3 is 13.9 Å². The Bertz CT molecular complexity index is 975. The van der Waals surface area contributed by atoms with Crippen LogP contribution in [0.2, 0.25) is 4.34 Å². The van der Waals surface area contributed by atoms with E-state index in [0.717, 1.165) is 37.4 Å². The van der Waals surface area contributed by atoms with Gasteiger partial charge in [0, 0.05) is 37.6 Å². The van der Waals surface area contributed by atoms with Crippen LogP contribution >= 0.6 is 22.9 Å². The second kappa shape index (κ2) is 7.46. The number of imidazole rings is 1. The molecular weight excluding hydrogens is 388 g/mol. The highest BCUT2D eigenvalue weighted by atomic mass is 35.5. The SMILES string of the molecule is COc1cc2nc(C3CCOCC3)cn2cc1C(=O)Nc1nc(C)c(Cl)s1.